The van der Waals surface area contributed by atoms with E-state index in [9.17, 15) is 4.79 Å². The van der Waals surface area contributed by atoms with Crippen molar-refractivity contribution in [3.8, 4) is 5.69 Å². The number of anilines is 1. The van der Waals surface area contributed by atoms with Crippen LogP contribution in [0.15, 0.2) is 29.4 Å². The molecule has 8 nitrogen and oxygen atoms in total. The molecule has 1 amide bonds. The van der Waals surface area contributed by atoms with E-state index in [0.717, 1.165) is 29.9 Å². The second kappa shape index (κ2) is 9.15. The molecule has 0 saturated carbocycles. The Bertz CT molecular complexity index is 835. The summed E-state index contributed by atoms with van der Waals surface area (Å²) in [5, 5.41) is 9.61. The molecule has 0 N–H and O–H groups in total. The lowest BCUT2D eigenvalue weighted by Gasteiger charge is -2.31. The average molecular weight is 418 g/mol. The number of aryl methyl sites for hydroxylation is 1. The molecule has 2 aliphatic rings. The van der Waals surface area contributed by atoms with Crippen LogP contribution < -0.4 is 4.90 Å². The number of benzene rings is 1. The maximum Gasteiger partial charge on any atom is 0.233 e. The van der Waals surface area contributed by atoms with E-state index in [2.05, 4.69) is 46.3 Å². The van der Waals surface area contributed by atoms with Gasteiger partial charge in [-0.25, -0.2) is 0 Å². The summed E-state index contributed by atoms with van der Waals surface area (Å²) in [6.45, 7) is 8.85. The molecule has 1 aromatic heterocycles. The van der Waals surface area contributed by atoms with Crippen LogP contribution in [0.4, 0.5) is 5.95 Å². The Morgan fingerprint density at radius 3 is 2.62 bits per heavy atom. The number of carbonyl (C=O) groups is 1. The number of thioether (sulfide) groups is 1. The van der Waals surface area contributed by atoms with E-state index in [4.69, 9.17) is 9.47 Å². The fraction of sp³-hybridized carbons (Fsp3) is 0.550. The molecule has 0 bridgehead atoms. The zero-order valence-corrected chi connectivity index (χ0v) is 17.7. The molecule has 2 aliphatic heterocycles. The van der Waals surface area contributed by atoms with Crippen molar-refractivity contribution < 1.29 is 14.3 Å². The molecule has 2 fully saturated rings. The molecule has 2 aromatic rings. The smallest absolute Gasteiger partial charge is 0.233 e. The van der Waals surface area contributed by atoms with Crippen molar-refractivity contribution in [2.24, 2.45) is 0 Å². The molecule has 0 spiro atoms. The minimum Gasteiger partial charge on any atom is -0.378 e. The zero-order valence-electron chi connectivity index (χ0n) is 16.9. The van der Waals surface area contributed by atoms with E-state index in [-0.39, 0.29) is 12.0 Å². The predicted octanol–water partition coefficient (Wildman–Crippen LogP) is 1.75. The van der Waals surface area contributed by atoms with Gasteiger partial charge in [-0.3, -0.25) is 9.36 Å². The maximum atomic E-state index is 12.7. The molecule has 1 aromatic carbocycles. The highest BCUT2D eigenvalue weighted by atomic mass is 32.2. The molecule has 1 atom stereocenters. The van der Waals surface area contributed by atoms with Crippen molar-refractivity contribution in [3.63, 3.8) is 0 Å². The number of nitrogens with zero attached hydrogens (tertiary/aromatic N) is 5. The van der Waals surface area contributed by atoms with E-state index >= 15 is 0 Å². The Kier molecular flexibility index (Phi) is 6.37. The van der Waals surface area contributed by atoms with Crippen LogP contribution in [0.3, 0.4) is 0 Å². The lowest BCUT2D eigenvalue weighted by Crippen LogP contribution is -2.45. The largest absolute Gasteiger partial charge is 0.378 e. The van der Waals surface area contributed by atoms with Crippen molar-refractivity contribution in [1.29, 1.82) is 0 Å². The van der Waals surface area contributed by atoms with Gasteiger partial charge in [0.2, 0.25) is 11.9 Å². The number of carbonyl (C=O) groups excluding carboxylic acids is 1. The normalized spacial score (nSPS) is 20.1. The van der Waals surface area contributed by atoms with Gasteiger partial charge in [0, 0.05) is 26.2 Å². The summed E-state index contributed by atoms with van der Waals surface area (Å²) in [6.07, 6.45) is 0.0850. The third-order valence-electron chi connectivity index (χ3n) is 5.12. The number of amides is 1. The van der Waals surface area contributed by atoms with Crippen LogP contribution in [0.2, 0.25) is 0 Å². The third-order valence-corrected chi connectivity index (χ3v) is 6.03. The Morgan fingerprint density at radius 2 is 1.90 bits per heavy atom. The topological polar surface area (TPSA) is 72.7 Å². The molecule has 0 aliphatic carbocycles. The van der Waals surface area contributed by atoms with Gasteiger partial charge >= 0.3 is 0 Å². The number of morpholine rings is 2. The SMILES string of the molecule is Cc1ccc(-n2c(SCC(=O)N3CCOC(C)C3)nnc2N2CCOCC2)cc1. The van der Waals surface area contributed by atoms with Crippen LogP contribution in [-0.4, -0.2) is 83.4 Å². The summed E-state index contributed by atoms with van der Waals surface area (Å²) in [5.74, 6) is 1.24. The van der Waals surface area contributed by atoms with Crippen LogP contribution in [0, 0.1) is 6.92 Å². The predicted molar refractivity (Wildman–Crippen MR) is 112 cm³/mol. The Labute approximate surface area is 175 Å². The van der Waals surface area contributed by atoms with Gasteiger partial charge in [-0.2, -0.15) is 0 Å². The Hall–Kier alpha value is -2.10. The molecule has 9 heteroatoms. The third kappa shape index (κ3) is 4.73. The highest BCUT2D eigenvalue weighted by molar-refractivity contribution is 7.99. The first-order valence-corrected chi connectivity index (χ1v) is 11.0. The minimum absolute atomic E-state index is 0.0850. The van der Waals surface area contributed by atoms with Crippen molar-refractivity contribution >= 4 is 23.6 Å². The monoisotopic (exact) mass is 417 g/mol. The van der Waals surface area contributed by atoms with Gasteiger partial charge < -0.3 is 19.3 Å². The van der Waals surface area contributed by atoms with Gasteiger partial charge in [-0.15, -0.1) is 10.2 Å². The molecule has 3 heterocycles. The van der Waals surface area contributed by atoms with Gasteiger partial charge in [0.15, 0.2) is 5.16 Å². The van der Waals surface area contributed by atoms with Crippen molar-refractivity contribution in [3.05, 3.63) is 29.8 Å². The van der Waals surface area contributed by atoms with E-state index in [1.807, 2.05) is 16.4 Å². The van der Waals surface area contributed by atoms with Gasteiger partial charge in [0.1, 0.15) is 0 Å². The molecule has 29 heavy (non-hydrogen) atoms. The van der Waals surface area contributed by atoms with Gasteiger partial charge in [0.25, 0.3) is 0 Å². The van der Waals surface area contributed by atoms with E-state index in [1.54, 1.807) is 0 Å². The van der Waals surface area contributed by atoms with E-state index in [1.165, 1.54) is 17.3 Å². The summed E-state index contributed by atoms with van der Waals surface area (Å²) >= 11 is 1.43. The number of aromatic nitrogens is 3. The fourth-order valence-electron chi connectivity index (χ4n) is 3.51. The van der Waals surface area contributed by atoms with Crippen LogP contribution >= 0.6 is 11.8 Å². The molecule has 0 radical (unpaired) electrons. The first-order chi connectivity index (χ1) is 14.1. The molecule has 1 unspecified atom stereocenters. The zero-order chi connectivity index (χ0) is 20.2. The summed E-state index contributed by atoms with van der Waals surface area (Å²) in [4.78, 5) is 16.7. The quantitative estimate of drug-likeness (QED) is 0.687. The summed E-state index contributed by atoms with van der Waals surface area (Å²) in [7, 11) is 0. The van der Waals surface area contributed by atoms with Crippen molar-refractivity contribution in [1.82, 2.24) is 19.7 Å². The highest BCUT2D eigenvalue weighted by Gasteiger charge is 2.25. The van der Waals surface area contributed by atoms with Gasteiger partial charge in [-0.1, -0.05) is 29.5 Å². The summed E-state index contributed by atoms with van der Waals surface area (Å²) in [5.41, 5.74) is 2.19. The Morgan fingerprint density at radius 1 is 1.14 bits per heavy atom. The minimum atomic E-state index is 0.0850. The summed E-state index contributed by atoms with van der Waals surface area (Å²) < 4.78 is 13.1. The lowest BCUT2D eigenvalue weighted by molar-refractivity contribution is -0.135. The van der Waals surface area contributed by atoms with E-state index in [0.29, 0.717) is 38.7 Å². The molecule has 2 saturated heterocycles. The molecular formula is C20H27N5O3S. The molecular weight excluding hydrogens is 390 g/mol. The second-order valence-corrected chi connectivity index (χ2v) is 8.31. The second-order valence-electron chi connectivity index (χ2n) is 7.36. The summed E-state index contributed by atoms with van der Waals surface area (Å²) in [6, 6.07) is 8.29. The maximum absolute atomic E-state index is 12.7. The van der Waals surface area contributed by atoms with Crippen molar-refractivity contribution in [2.75, 3.05) is 56.7 Å². The lowest BCUT2D eigenvalue weighted by atomic mass is 10.2. The first kappa shape index (κ1) is 20.2. The Balaban J connectivity index is 1.55. The van der Waals surface area contributed by atoms with Gasteiger partial charge in [-0.05, 0) is 26.0 Å². The first-order valence-electron chi connectivity index (χ1n) is 9.99. The molecule has 156 valence electrons. The molecule has 4 rings (SSSR count). The number of hydrogen-bond donors (Lipinski definition) is 0. The van der Waals surface area contributed by atoms with Crippen LogP contribution in [0.5, 0.6) is 0 Å². The fourth-order valence-corrected chi connectivity index (χ4v) is 4.36. The standard InChI is InChI=1S/C20H27N5O3S/c1-15-3-5-17(6-4-15)25-19(23-7-10-27-11-8-23)21-22-20(25)29-14-18(26)24-9-12-28-16(2)13-24/h3-6,16H,7-14H2,1-2H3. The number of rotatable bonds is 5. The number of ether oxygens (including phenoxy) is 2. The van der Waals surface area contributed by atoms with E-state index < -0.39 is 0 Å². The highest BCUT2D eigenvalue weighted by Crippen LogP contribution is 2.27. The van der Waals surface area contributed by atoms with Gasteiger partial charge in [0.05, 0.1) is 37.4 Å². The average Bonchev–Trinajstić information content (AvgIpc) is 3.17. The van der Waals surface area contributed by atoms with Crippen LogP contribution in [0.1, 0.15) is 12.5 Å². The van der Waals surface area contributed by atoms with Crippen LogP contribution in [-0.2, 0) is 14.3 Å². The number of hydrogen-bond acceptors (Lipinski definition) is 7. The van der Waals surface area contributed by atoms with Crippen LogP contribution in [0.25, 0.3) is 5.69 Å². The van der Waals surface area contributed by atoms with Crippen molar-refractivity contribution in [2.45, 2.75) is 25.1 Å².